The number of anilines is 1. The predicted molar refractivity (Wildman–Crippen MR) is 87.0 cm³/mol. The Labute approximate surface area is 130 Å². The van der Waals surface area contributed by atoms with Gasteiger partial charge in [0, 0.05) is 42.2 Å². The van der Waals surface area contributed by atoms with Crippen LogP contribution < -0.4 is 11.1 Å². The molecule has 3 N–H and O–H groups in total. The van der Waals surface area contributed by atoms with Gasteiger partial charge in [-0.1, -0.05) is 27.7 Å². The maximum Gasteiger partial charge on any atom is 0.225 e. The summed E-state index contributed by atoms with van der Waals surface area (Å²) < 4.78 is 0. The number of nitrogens with two attached hydrogens (primary N) is 1. The third-order valence-corrected chi connectivity index (χ3v) is 4.75. The number of piperidine rings is 1. The van der Waals surface area contributed by atoms with Crippen molar-refractivity contribution in [3.63, 3.8) is 0 Å². The van der Waals surface area contributed by atoms with Gasteiger partial charge in [-0.2, -0.15) is 0 Å². The van der Waals surface area contributed by atoms with E-state index in [1.165, 1.54) is 4.88 Å². The molecule has 0 saturated carbocycles. The molecular formula is C15H26N4OS. The number of rotatable bonds is 3. The van der Waals surface area contributed by atoms with Crippen LogP contribution in [0.4, 0.5) is 5.13 Å². The van der Waals surface area contributed by atoms with E-state index in [-0.39, 0.29) is 17.4 Å². The highest BCUT2D eigenvalue weighted by atomic mass is 32.1. The van der Waals surface area contributed by atoms with Gasteiger partial charge in [-0.3, -0.25) is 9.69 Å². The van der Waals surface area contributed by atoms with Gasteiger partial charge in [0.1, 0.15) is 0 Å². The van der Waals surface area contributed by atoms with Crippen molar-refractivity contribution in [1.29, 1.82) is 0 Å². The molecule has 2 unspecified atom stereocenters. The zero-order valence-corrected chi connectivity index (χ0v) is 14.2. The number of nitrogen functional groups attached to an aromatic ring is 1. The van der Waals surface area contributed by atoms with E-state index in [0.29, 0.717) is 11.0 Å². The fourth-order valence-corrected chi connectivity index (χ4v) is 3.32. The Morgan fingerprint density at radius 1 is 1.57 bits per heavy atom. The molecule has 6 heteroatoms. The highest BCUT2D eigenvalue weighted by Crippen LogP contribution is 2.23. The lowest BCUT2D eigenvalue weighted by Gasteiger charge is -2.38. The molecule has 2 rings (SSSR count). The first-order chi connectivity index (χ1) is 9.75. The number of carbonyl (C=O) groups is 1. The first kappa shape index (κ1) is 16.2. The molecule has 0 bridgehead atoms. The van der Waals surface area contributed by atoms with Crippen molar-refractivity contribution < 1.29 is 4.79 Å². The Bertz CT molecular complexity index is 494. The van der Waals surface area contributed by atoms with E-state index in [1.807, 2.05) is 27.0 Å². The smallest absolute Gasteiger partial charge is 0.225 e. The summed E-state index contributed by atoms with van der Waals surface area (Å²) in [5, 5.41) is 3.83. The number of hydrogen-bond donors (Lipinski definition) is 2. The molecule has 1 aromatic rings. The fourth-order valence-electron chi connectivity index (χ4n) is 2.59. The lowest BCUT2D eigenvalue weighted by atomic mass is 9.90. The van der Waals surface area contributed by atoms with Gasteiger partial charge in [0.05, 0.1) is 0 Å². The Kier molecular flexibility index (Phi) is 4.88. The van der Waals surface area contributed by atoms with Gasteiger partial charge >= 0.3 is 0 Å². The molecule has 2 atom stereocenters. The second kappa shape index (κ2) is 6.32. The van der Waals surface area contributed by atoms with Gasteiger partial charge in [-0.15, -0.1) is 11.3 Å². The number of aromatic nitrogens is 1. The molecule has 5 nitrogen and oxygen atoms in total. The summed E-state index contributed by atoms with van der Waals surface area (Å²) in [5.41, 5.74) is 5.35. The van der Waals surface area contributed by atoms with Crippen molar-refractivity contribution in [1.82, 2.24) is 15.2 Å². The van der Waals surface area contributed by atoms with Crippen LogP contribution in [0.25, 0.3) is 0 Å². The molecular weight excluding hydrogens is 284 g/mol. The minimum absolute atomic E-state index is 0.142. The van der Waals surface area contributed by atoms with Crippen molar-refractivity contribution in [2.75, 3.05) is 18.8 Å². The number of thiazole rings is 1. The van der Waals surface area contributed by atoms with E-state index in [9.17, 15) is 4.79 Å². The minimum Gasteiger partial charge on any atom is -0.375 e. The molecule has 1 fully saturated rings. The third kappa shape index (κ3) is 4.41. The number of hydrogen-bond acceptors (Lipinski definition) is 5. The lowest BCUT2D eigenvalue weighted by molar-refractivity contribution is -0.130. The normalized spacial score (nSPS) is 24.0. The highest BCUT2D eigenvalue weighted by Gasteiger charge is 2.30. The number of nitrogens with zero attached hydrogens (tertiary/aromatic N) is 2. The quantitative estimate of drug-likeness (QED) is 0.897. The largest absolute Gasteiger partial charge is 0.375 e. The van der Waals surface area contributed by atoms with Crippen LogP contribution in [0.2, 0.25) is 0 Å². The second-order valence-corrected chi connectivity index (χ2v) is 8.14. The Morgan fingerprint density at radius 3 is 2.81 bits per heavy atom. The van der Waals surface area contributed by atoms with Gasteiger partial charge in [0.2, 0.25) is 5.91 Å². The molecule has 118 valence electrons. The van der Waals surface area contributed by atoms with Gasteiger partial charge < -0.3 is 11.1 Å². The summed E-state index contributed by atoms with van der Waals surface area (Å²) in [6.45, 7) is 11.0. The molecule has 0 radical (unpaired) electrons. The van der Waals surface area contributed by atoms with Crippen molar-refractivity contribution in [2.24, 2.45) is 11.3 Å². The molecule has 0 spiro atoms. The molecule has 21 heavy (non-hydrogen) atoms. The van der Waals surface area contributed by atoms with Gasteiger partial charge in [-0.05, 0) is 12.3 Å². The molecule has 1 saturated heterocycles. The Balaban J connectivity index is 1.86. The van der Waals surface area contributed by atoms with E-state index < -0.39 is 0 Å². The lowest BCUT2D eigenvalue weighted by Crippen LogP contribution is -2.51. The van der Waals surface area contributed by atoms with Crippen LogP contribution in [-0.2, 0) is 11.3 Å². The molecule has 1 amide bonds. The molecule has 1 aliphatic rings. The summed E-state index contributed by atoms with van der Waals surface area (Å²) in [6, 6.07) is 0.277. The van der Waals surface area contributed by atoms with Crippen LogP contribution in [0.5, 0.6) is 0 Å². The van der Waals surface area contributed by atoms with Crippen LogP contribution in [-0.4, -0.2) is 34.9 Å². The minimum atomic E-state index is -0.322. The van der Waals surface area contributed by atoms with Crippen LogP contribution >= 0.6 is 11.3 Å². The van der Waals surface area contributed by atoms with Crippen LogP contribution in [0.3, 0.4) is 0 Å². The van der Waals surface area contributed by atoms with Gasteiger partial charge in [0.25, 0.3) is 0 Å². The zero-order chi connectivity index (χ0) is 15.6. The first-order valence-corrected chi connectivity index (χ1v) is 8.31. The average Bonchev–Trinajstić information content (AvgIpc) is 2.77. The SMILES string of the molecule is CC1CN(Cc2cnc(N)s2)CCC1NC(=O)C(C)(C)C. The molecule has 1 aliphatic heterocycles. The standard InChI is InChI=1S/C15H26N4OS/c1-10-8-19(9-11-7-17-14(16)21-11)6-5-12(10)18-13(20)15(2,3)4/h7,10,12H,5-6,8-9H2,1-4H3,(H2,16,17)(H,18,20). The van der Waals surface area contributed by atoms with E-state index in [1.54, 1.807) is 11.3 Å². The first-order valence-electron chi connectivity index (χ1n) is 7.49. The van der Waals surface area contributed by atoms with Crippen molar-refractivity contribution >= 4 is 22.4 Å². The number of likely N-dealkylation sites (tertiary alicyclic amines) is 1. The molecule has 0 aromatic carbocycles. The fraction of sp³-hybridized carbons (Fsp3) is 0.733. The number of amides is 1. The number of carbonyl (C=O) groups excluding carboxylic acids is 1. The average molecular weight is 310 g/mol. The summed E-state index contributed by atoms with van der Waals surface area (Å²) >= 11 is 1.55. The van der Waals surface area contributed by atoms with Gasteiger partial charge in [-0.25, -0.2) is 4.98 Å². The second-order valence-electron chi connectivity index (χ2n) is 7.00. The van der Waals surface area contributed by atoms with Crippen LogP contribution in [0, 0.1) is 11.3 Å². The Morgan fingerprint density at radius 2 is 2.29 bits per heavy atom. The number of nitrogens with one attached hydrogen (secondary N) is 1. The van der Waals surface area contributed by atoms with Crippen LogP contribution in [0.15, 0.2) is 6.20 Å². The van der Waals surface area contributed by atoms with E-state index in [2.05, 4.69) is 22.1 Å². The van der Waals surface area contributed by atoms with Gasteiger partial charge in [0.15, 0.2) is 5.13 Å². The highest BCUT2D eigenvalue weighted by molar-refractivity contribution is 7.15. The summed E-state index contributed by atoms with van der Waals surface area (Å²) in [6.07, 6.45) is 2.86. The van der Waals surface area contributed by atoms with Crippen LogP contribution in [0.1, 0.15) is 39.0 Å². The topological polar surface area (TPSA) is 71.2 Å². The summed E-state index contributed by atoms with van der Waals surface area (Å²) in [7, 11) is 0. The maximum atomic E-state index is 12.1. The molecule has 2 heterocycles. The maximum absolute atomic E-state index is 12.1. The monoisotopic (exact) mass is 310 g/mol. The molecule has 1 aromatic heterocycles. The zero-order valence-electron chi connectivity index (χ0n) is 13.3. The van der Waals surface area contributed by atoms with Crippen molar-refractivity contribution in [2.45, 2.75) is 46.7 Å². The molecule has 0 aliphatic carbocycles. The predicted octanol–water partition coefficient (Wildman–Crippen LogP) is 2.10. The van der Waals surface area contributed by atoms with Crippen molar-refractivity contribution in [3.8, 4) is 0 Å². The van der Waals surface area contributed by atoms with E-state index >= 15 is 0 Å². The summed E-state index contributed by atoms with van der Waals surface area (Å²) in [4.78, 5) is 19.8. The third-order valence-electron chi connectivity index (χ3n) is 3.94. The van der Waals surface area contributed by atoms with E-state index in [4.69, 9.17) is 5.73 Å². The van der Waals surface area contributed by atoms with E-state index in [0.717, 1.165) is 26.1 Å². The Hall–Kier alpha value is -1.14. The van der Waals surface area contributed by atoms with Crippen molar-refractivity contribution in [3.05, 3.63) is 11.1 Å². The summed E-state index contributed by atoms with van der Waals surface area (Å²) in [5.74, 6) is 0.596.